The molecule has 2 atom stereocenters. The number of hydrogen-bond acceptors (Lipinski definition) is 9. The summed E-state index contributed by atoms with van der Waals surface area (Å²) >= 11 is 0. The molecule has 1 aromatic carbocycles. The Kier molecular flexibility index (Phi) is 9.11. The molecule has 1 saturated heterocycles. The number of cyclic esters (lactones) is 1. The second-order valence-electron chi connectivity index (χ2n) is 8.87. The number of imidazole rings is 1. The van der Waals surface area contributed by atoms with Crippen LogP contribution in [-0.4, -0.2) is 83.3 Å². The molecule has 4 amide bonds. The minimum absolute atomic E-state index is 0.00838. The number of alkyl carbamates (subject to hydrolysis) is 1. The first-order valence-electron chi connectivity index (χ1n) is 12.7. The first-order valence-corrected chi connectivity index (χ1v) is 12.7. The molecule has 41 heavy (non-hydrogen) atoms. The van der Waals surface area contributed by atoms with Crippen molar-refractivity contribution in [1.29, 1.82) is 0 Å². The Morgan fingerprint density at radius 2 is 1.95 bits per heavy atom. The van der Waals surface area contributed by atoms with E-state index in [1.807, 2.05) is 0 Å². The Morgan fingerprint density at radius 1 is 1.20 bits per heavy atom. The van der Waals surface area contributed by atoms with Gasteiger partial charge in [0, 0.05) is 43.8 Å². The van der Waals surface area contributed by atoms with E-state index in [4.69, 9.17) is 9.47 Å². The van der Waals surface area contributed by atoms with Crippen LogP contribution in [-0.2, 0) is 14.3 Å². The highest BCUT2D eigenvalue weighted by Crippen LogP contribution is 2.28. The lowest BCUT2D eigenvalue weighted by molar-refractivity contribution is -0.122. The average molecular weight is 575 g/mol. The van der Waals surface area contributed by atoms with Crippen molar-refractivity contribution in [3.05, 3.63) is 54.1 Å². The van der Waals surface area contributed by atoms with Crippen molar-refractivity contribution in [2.75, 3.05) is 43.0 Å². The molecule has 0 spiro atoms. The largest absolute Gasteiger partial charge is 0.450 e. The highest BCUT2D eigenvalue weighted by Gasteiger charge is 2.33. The molecule has 0 bridgehead atoms. The summed E-state index contributed by atoms with van der Waals surface area (Å²) in [5.74, 6) is -2.67. The van der Waals surface area contributed by atoms with Gasteiger partial charge in [-0.3, -0.25) is 18.9 Å². The third-order valence-electron chi connectivity index (χ3n) is 5.90. The predicted molar refractivity (Wildman–Crippen MR) is 140 cm³/mol. The van der Waals surface area contributed by atoms with Crippen LogP contribution in [0.3, 0.4) is 0 Å². The Labute approximate surface area is 232 Å². The third-order valence-corrected chi connectivity index (χ3v) is 5.90. The molecule has 4 N–H and O–H groups in total. The molecule has 3 aromatic rings. The molecule has 0 saturated carbocycles. The Hall–Kier alpha value is -5.02. The fourth-order valence-corrected chi connectivity index (χ4v) is 3.90. The molecule has 2 aromatic heterocycles. The van der Waals surface area contributed by atoms with E-state index in [9.17, 15) is 28.0 Å². The summed E-state index contributed by atoms with van der Waals surface area (Å²) in [5, 5.41) is 10.1. The molecule has 3 heterocycles. The number of aromatic nitrogens is 3. The van der Waals surface area contributed by atoms with Crippen LogP contribution in [0.4, 0.5) is 29.7 Å². The summed E-state index contributed by atoms with van der Waals surface area (Å²) in [6.07, 6.45) is 2.47. The fourth-order valence-electron chi connectivity index (χ4n) is 3.90. The molecule has 218 valence electrons. The molecule has 0 radical (unpaired) electrons. The van der Waals surface area contributed by atoms with E-state index in [-0.39, 0.29) is 44.2 Å². The van der Waals surface area contributed by atoms with E-state index < -0.39 is 53.5 Å². The maximum atomic E-state index is 14.7. The number of nitrogens with one attached hydrogen (secondary N) is 4. The molecular weight excluding hydrogens is 546 g/mol. The van der Waals surface area contributed by atoms with E-state index in [0.717, 1.165) is 17.0 Å². The molecule has 1 aliphatic heterocycles. The van der Waals surface area contributed by atoms with E-state index in [0.29, 0.717) is 5.78 Å². The number of hydrogen-bond donors (Lipinski definition) is 4. The van der Waals surface area contributed by atoms with Crippen LogP contribution in [0, 0.1) is 11.6 Å². The first-order chi connectivity index (χ1) is 19.7. The molecule has 16 heteroatoms. The normalized spacial score (nSPS) is 15.3. The molecule has 4 rings (SSSR count). The van der Waals surface area contributed by atoms with Gasteiger partial charge in [0.2, 0.25) is 11.7 Å². The quantitative estimate of drug-likeness (QED) is 0.248. The zero-order valence-electron chi connectivity index (χ0n) is 22.1. The van der Waals surface area contributed by atoms with Crippen molar-refractivity contribution in [1.82, 2.24) is 30.3 Å². The number of benzene rings is 1. The summed E-state index contributed by atoms with van der Waals surface area (Å²) in [6, 6.07) is 2.71. The molecular formula is C25H28F2N8O6. The zero-order chi connectivity index (χ0) is 29.5. The van der Waals surface area contributed by atoms with Gasteiger partial charge in [-0.25, -0.2) is 28.3 Å². The van der Waals surface area contributed by atoms with Gasteiger partial charge in [0.1, 0.15) is 23.5 Å². The van der Waals surface area contributed by atoms with Crippen LogP contribution >= 0.6 is 0 Å². The third kappa shape index (κ3) is 7.14. The monoisotopic (exact) mass is 574 g/mol. The molecule has 14 nitrogen and oxygen atoms in total. The summed E-state index contributed by atoms with van der Waals surface area (Å²) in [4.78, 5) is 57.6. The second-order valence-corrected chi connectivity index (χ2v) is 8.87. The summed E-state index contributed by atoms with van der Waals surface area (Å²) < 4.78 is 40.9. The summed E-state index contributed by atoms with van der Waals surface area (Å²) in [6.45, 7) is 3.18. The number of anilines is 2. The van der Waals surface area contributed by atoms with Gasteiger partial charge in [-0.2, -0.15) is 0 Å². The number of fused-ring (bicyclic) bond motifs is 1. The van der Waals surface area contributed by atoms with Gasteiger partial charge in [0.05, 0.1) is 25.4 Å². The van der Waals surface area contributed by atoms with Gasteiger partial charge in [-0.15, -0.1) is 0 Å². The second kappa shape index (κ2) is 12.9. The van der Waals surface area contributed by atoms with Crippen molar-refractivity contribution >= 4 is 41.2 Å². The Bertz CT molecular complexity index is 1390. The lowest BCUT2D eigenvalue weighted by atomic mass is 10.2. The van der Waals surface area contributed by atoms with E-state index >= 15 is 0 Å². The van der Waals surface area contributed by atoms with Crippen molar-refractivity contribution in [3.63, 3.8) is 0 Å². The molecule has 0 aliphatic carbocycles. The standard InChI is InChI=1S/C25H28F2N8O6/c1-3-40-24(38)31-11-16-12-35(25(39)41-16)15-9-17(26)20(18(27)10-15)28-6-7-29-21(36)14(2)32-22(37)19-13-34-8-4-5-30-23(34)33-19/h4-5,8-10,13-14,16,28H,3,6-7,11-12H2,1-2H3,(H,29,36)(H,31,38)(H,32,37)/t14-,16-/m0/s1. The average Bonchev–Trinajstić information content (AvgIpc) is 3.54. The zero-order valence-corrected chi connectivity index (χ0v) is 22.1. The van der Waals surface area contributed by atoms with Gasteiger partial charge < -0.3 is 30.7 Å². The maximum absolute atomic E-state index is 14.7. The number of carbonyl (C=O) groups excluding carboxylic acids is 4. The van der Waals surface area contributed by atoms with Gasteiger partial charge >= 0.3 is 12.2 Å². The van der Waals surface area contributed by atoms with Gasteiger partial charge in [0.25, 0.3) is 5.91 Å². The van der Waals surface area contributed by atoms with E-state index in [1.165, 1.54) is 19.3 Å². The Morgan fingerprint density at radius 3 is 2.66 bits per heavy atom. The summed E-state index contributed by atoms with van der Waals surface area (Å²) in [7, 11) is 0. The number of ether oxygens (including phenoxy) is 2. The lowest BCUT2D eigenvalue weighted by Crippen LogP contribution is -2.46. The minimum Gasteiger partial charge on any atom is -0.450 e. The highest BCUT2D eigenvalue weighted by molar-refractivity contribution is 5.96. The molecule has 0 unspecified atom stereocenters. The van der Waals surface area contributed by atoms with Crippen LogP contribution in [0.25, 0.3) is 5.78 Å². The van der Waals surface area contributed by atoms with E-state index in [2.05, 4.69) is 31.2 Å². The van der Waals surface area contributed by atoms with Gasteiger partial charge in [0.15, 0.2) is 11.6 Å². The van der Waals surface area contributed by atoms with Crippen molar-refractivity contribution < 1.29 is 37.4 Å². The number of amides is 4. The number of rotatable bonds is 11. The maximum Gasteiger partial charge on any atom is 0.414 e. The van der Waals surface area contributed by atoms with Crippen LogP contribution in [0.1, 0.15) is 24.3 Å². The van der Waals surface area contributed by atoms with Gasteiger partial charge in [-0.1, -0.05) is 0 Å². The number of halogens is 2. The number of carbonyl (C=O) groups is 4. The lowest BCUT2D eigenvalue weighted by Gasteiger charge is -2.17. The SMILES string of the molecule is CCOC(=O)NC[C@H]1CN(c2cc(F)c(NCCNC(=O)[C@H](C)NC(=O)c3cn4cccnc4n3)c(F)c2)C(=O)O1. The molecule has 1 aliphatic rings. The summed E-state index contributed by atoms with van der Waals surface area (Å²) in [5.41, 5.74) is -0.420. The van der Waals surface area contributed by atoms with E-state index in [1.54, 1.807) is 23.6 Å². The van der Waals surface area contributed by atoms with Crippen molar-refractivity contribution in [3.8, 4) is 0 Å². The van der Waals surface area contributed by atoms with Crippen LogP contribution < -0.4 is 26.2 Å². The van der Waals surface area contributed by atoms with Crippen LogP contribution in [0.15, 0.2) is 36.8 Å². The van der Waals surface area contributed by atoms with Crippen LogP contribution in [0.2, 0.25) is 0 Å². The van der Waals surface area contributed by atoms with Crippen molar-refractivity contribution in [2.45, 2.75) is 26.0 Å². The van der Waals surface area contributed by atoms with Crippen LogP contribution in [0.5, 0.6) is 0 Å². The topological polar surface area (TPSA) is 168 Å². The fraction of sp³-hybridized carbons (Fsp3) is 0.360. The Balaban J connectivity index is 1.24. The smallest absolute Gasteiger partial charge is 0.414 e. The first kappa shape index (κ1) is 29.0. The minimum atomic E-state index is -0.963. The molecule has 1 fully saturated rings. The highest BCUT2D eigenvalue weighted by atomic mass is 19.1. The van der Waals surface area contributed by atoms with Gasteiger partial charge in [-0.05, 0) is 19.9 Å². The predicted octanol–water partition coefficient (Wildman–Crippen LogP) is 1.43. The number of nitrogens with zero attached hydrogens (tertiary/aromatic N) is 4. The van der Waals surface area contributed by atoms with Crippen molar-refractivity contribution in [2.24, 2.45) is 0 Å².